The highest BCUT2D eigenvalue weighted by Crippen LogP contribution is 2.33. The standard InChI is InChI=1S/C22H26N2O3/c1-15-11-12-17(22(26)27-3)13-19(15)23-21(25)14-24(2)20-10-6-8-16-7-4-5-9-18(16)20/h4-5,7,9,11-13,20H,6,8,10,14H2,1-3H3,(H,23,25)/t20-/m0/s1. The van der Waals surface area contributed by atoms with Crippen LogP contribution < -0.4 is 5.32 Å². The summed E-state index contributed by atoms with van der Waals surface area (Å²) in [5.74, 6) is -0.507. The second-order valence-corrected chi connectivity index (χ2v) is 7.09. The van der Waals surface area contributed by atoms with E-state index in [0.29, 0.717) is 17.8 Å². The van der Waals surface area contributed by atoms with E-state index in [4.69, 9.17) is 4.74 Å². The van der Waals surface area contributed by atoms with Crippen molar-refractivity contribution in [1.82, 2.24) is 4.90 Å². The molecule has 1 atom stereocenters. The Kier molecular flexibility index (Phi) is 5.91. The molecule has 1 N–H and O–H groups in total. The number of carbonyl (C=O) groups excluding carboxylic acids is 2. The van der Waals surface area contributed by atoms with E-state index in [-0.39, 0.29) is 11.9 Å². The lowest BCUT2D eigenvalue weighted by atomic mass is 9.87. The number of anilines is 1. The SMILES string of the molecule is COC(=O)c1ccc(C)c(NC(=O)CN(C)[C@H]2CCCc3ccccc32)c1. The molecule has 5 heteroatoms. The Bertz CT molecular complexity index is 847. The Balaban J connectivity index is 1.69. The fraction of sp³-hybridized carbons (Fsp3) is 0.364. The van der Waals surface area contributed by atoms with Crippen molar-refractivity contribution in [1.29, 1.82) is 0 Å². The zero-order valence-corrected chi connectivity index (χ0v) is 16.1. The van der Waals surface area contributed by atoms with Gasteiger partial charge in [-0.3, -0.25) is 9.69 Å². The van der Waals surface area contributed by atoms with Crippen LogP contribution in [0.15, 0.2) is 42.5 Å². The minimum atomic E-state index is -0.415. The number of ether oxygens (including phenoxy) is 1. The van der Waals surface area contributed by atoms with Crippen LogP contribution in [0.2, 0.25) is 0 Å². The fourth-order valence-electron chi connectivity index (χ4n) is 3.71. The van der Waals surface area contributed by atoms with Crippen LogP contribution in [0.3, 0.4) is 0 Å². The molecule has 2 aromatic rings. The molecule has 1 amide bonds. The van der Waals surface area contributed by atoms with Crippen LogP contribution >= 0.6 is 0 Å². The van der Waals surface area contributed by atoms with Crippen LogP contribution in [0.4, 0.5) is 5.69 Å². The Morgan fingerprint density at radius 3 is 2.78 bits per heavy atom. The molecular weight excluding hydrogens is 340 g/mol. The van der Waals surface area contributed by atoms with Crippen molar-refractivity contribution >= 4 is 17.6 Å². The minimum absolute atomic E-state index is 0.0920. The number of aryl methyl sites for hydroxylation is 2. The average molecular weight is 366 g/mol. The first-order chi connectivity index (χ1) is 13.0. The molecule has 0 spiro atoms. The summed E-state index contributed by atoms with van der Waals surface area (Å²) in [5, 5.41) is 2.94. The van der Waals surface area contributed by atoms with Crippen LogP contribution in [-0.4, -0.2) is 37.5 Å². The summed E-state index contributed by atoms with van der Waals surface area (Å²) in [6, 6.07) is 13.9. The molecule has 142 valence electrons. The fourth-order valence-corrected chi connectivity index (χ4v) is 3.71. The van der Waals surface area contributed by atoms with Gasteiger partial charge in [-0.25, -0.2) is 4.79 Å². The van der Waals surface area contributed by atoms with Gasteiger partial charge in [-0.05, 0) is 62.1 Å². The molecule has 0 aliphatic heterocycles. The Hall–Kier alpha value is -2.66. The number of likely N-dealkylation sites (N-methyl/N-ethyl adjacent to an activating group) is 1. The van der Waals surface area contributed by atoms with Crippen LogP contribution in [0.1, 0.15) is 45.9 Å². The van der Waals surface area contributed by atoms with Gasteiger partial charge in [0.05, 0.1) is 19.2 Å². The van der Waals surface area contributed by atoms with Gasteiger partial charge in [-0.15, -0.1) is 0 Å². The first-order valence-electron chi connectivity index (χ1n) is 9.26. The van der Waals surface area contributed by atoms with Gasteiger partial charge in [-0.1, -0.05) is 30.3 Å². The van der Waals surface area contributed by atoms with Crippen molar-refractivity contribution in [3.63, 3.8) is 0 Å². The van der Waals surface area contributed by atoms with E-state index in [2.05, 4.69) is 34.5 Å². The molecular formula is C22H26N2O3. The molecule has 0 fully saturated rings. The van der Waals surface area contributed by atoms with Gasteiger partial charge in [-0.2, -0.15) is 0 Å². The molecule has 0 aromatic heterocycles. The number of hydrogen-bond donors (Lipinski definition) is 1. The Morgan fingerprint density at radius 2 is 2.00 bits per heavy atom. The summed E-state index contributed by atoms with van der Waals surface area (Å²) in [7, 11) is 3.33. The Labute approximate surface area is 160 Å². The van der Waals surface area contributed by atoms with Crippen LogP contribution in [0, 0.1) is 6.92 Å². The van der Waals surface area contributed by atoms with Gasteiger partial charge in [0.1, 0.15) is 0 Å². The maximum Gasteiger partial charge on any atom is 0.337 e. The summed E-state index contributed by atoms with van der Waals surface area (Å²) in [6.07, 6.45) is 3.29. The van der Waals surface area contributed by atoms with E-state index in [1.54, 1.807) is 12.1 Å². The predicted octanol–water partition coefficient (Wildman–Crippen LogP) is 3.73. The number of fused-ring (bicyclic) bond motifs is 1. The van der Waals surface area contributed by atoms with E-state index in [9.17, 15) is 9.59 Å². The molecule has 1 aliphatic carbocycles. The lowest BCUT2D eigenvalue weighted by molar-refractivity contribution is -0.117. The number of nitrogens with one attached hydrogen (secondary N) is 1. The molecule has 0 bridgehead atoms. The smallest absolute Gasteiger partial charge is 0.337 e. The number of rotatable bonds is 5. The number of carbonyl (C=O) groups is 2. The summed E-state index contributed by atoms with van der Waals surface area (Å²) in [5.41, 5.74) is 4.67. The largest absolute Gasteiger partial charge is 0.465 e. The van der Waals surface area contributed by atoms with Crippen LogP contribution in [0.25, 0.3) is 0 Å². The van der Waals surface area contributed by atoms with Gasteiger partial charge in [0.15, 0.2) is 0 Å². The third-order valence-corrected chi connectivity index (χ3v) is 5.20. The number of methoxy groups -OCH3 is 1. The molecule has 0 saturated carbocycles. The summed E-state index contributed by atoms with van der Waals surface area (Å²) >= 11 is 0. The van der Waals surface area contributed by atoms with E-state index in [1.165, 1.54) is 18.2 Å². The minimum Gasteiger partial charge on any atom is -0.465 e. The van der Waals surface area contributed by atoms with E-state index in [0.717, 1.165) is 24.8 Å². The van der Waals surface area contributed by atoms with Gasteiger partial charge in [0.25, 0.3) is 0 Å². The van der Waals surface area contributed by atoms with Crippen molar-refractivity contribution in [3.05, 3.63) is 64.7 Å². The first kappa shape index (κ1) is 19.1. The molecule has 3 rings (SSSR count). The van der Waals surface area contributed by atoms with E-state index < -0.39 is 5.97 Å². The van der Waals surface area contributed by atoms with Crippen molar-refractivity contribution in [2.45, 2.75) is 32.2 Å². The second kappa shape index (κ2) is 8.35. The topological polar surface area (TPSA) is 58.6 Å². The molecule has 0 saturated heterocycles. The summed E-state index contributed by atoms with van der Waals surface area (Å²) in [4.78, 5) is 26.4. The summed E-state index contributed by atoms with van der Waals surface area (Å²) < 4.78 is 4.75. The van der Waals surface area contributed by atoms with Crippen LogP contribution in [-0.2, 0) is 16.0 Å². The quantitative estimate of drug-likeness (QED) is 0.819. The Morgan fingerprint density at radius 1 is 1.22 bits per heavy atom. The van der Waals surface area contributed by atoms with Crippen LogP contribution in [0.5, 0.6) is 0 Å². The molecule has 5 nitrogen and oxygen atoms in total. The normalized spacial score (nSPS) is 15.9. The molecule has 0 heterocycles. The van der Waals surface area contributed by atoms with Crippen molar-refractivity contribution < 1.29 is 14.3 Å². The lowest BCUT2D eigenvalue weighted by Crippen LogP contribution is -2.35. The third kappa shape index (κ3) is 4.37. The molecule has 1 aliphatic rings. The van der Waals surface area contributed by atoms with Crippen molar-refractivity contribution in [2.24, 2.45) is 0 Å². The van der Waals surface area contributed by atoms with E-state index >= 15 is 0 Å². The highest BCUT2D eigenvalue weighted by Gasteiger charge is 2.24. The monoisotopic (exact) mass is 366 g/mol. The molecule has 27 heavy (non-hydrogen) atoms. The van der Waals surface area contributed by atoms with E-state index in [1.807, 2.05) is 20.0 Å². The maximum atomic E-state index is 12.6. The average Bonchev–Trinajstić information content (AvgIpc) is 2.68. The molecule has 2 aromatic carbocycles. The number of hydrogen-bond acceptors (Lipinski definition) is 4. The highest BCUT2D eigenvalue weighted by atomic mass is 16.5. The van der Waals surface area contributed by atoms with Gasteiger partial charge in [0, 0.05) is 11.7 Å². The second-order valence-electron chi connectivity index (χ2n) is 7.09. The number of esters is 1. The third-order valence-electron chi connectivity index (χ3n) is 5.20. The number of amides is 1. The van der Waals surface area contributed by atoms with Gasteiger partial charge >= 0.3 is 5.97 Å². The summed E-state index contributed by atoms with van der Waals surface area (Å²) in [6.45, 7) is 2.19. The van der Waals surface area contributed by atoms with Crippen molar-refractivity contribution in [2.75, 3.05) is 26.0 Å². The number of nitrogens with zero attached hydrogens (tertiary/aromatic N) is 1. The van der Waals surface area contributed by atoms with Crippen molar-refractivity contribution in [3.8, 4) is 0 Å². The maximum absolute atomic E-state index is 12.6. The van der Waals surface area contributed by atoms with Gasteiger partial charge in [0.2, 0.25) is 5.91 Å². The number of benzene rings is 2. The highest BCUT2D eigenvalue weighted by molar-refractivity contribution is 5.96. The molecule has 0 radical (unpaired) electrons. The first-order valence-corrected chi connectivity index (χ1v) is 9.26. The lowest BCUT2D eigenvalue weighted by Gasteiger charge is -2.32. The molecule has 0 unspecified atom stereocenters. The predicted molar refractivity (Wildman–Crippen MR) is 106 cm³/mol. The zero-order chi connectivity index (χ0) is 19.4. The zero-order valence-electron chi connectivity index (χ0n) is 16.1. The van der Waals surface area contributed by atoms with Gasteiger partial charge < -0.3 is 10.1 Å².